The fourth-order valence-corrected chi connectivity index (χ4v) is 4.74. The molecule has 0 bridgehead atoms. The second-order valence-electron chi connectivity index (χ2n) is 10.6. The van der Waals surface area contributed by atoms with Crippen molar-refractivity contribution in [2.45, 2.75) is 59.3 Å². The molecule has 0 radical (unpaired) electrons. The number of carboxylic acid groups (broad SMARTS) is 2. The van der Waals surface area contributed by atoms with Crippen LogP contribution in [0.25, 0.3) is 0 Å². The van der Waals surface area contributed by atoms with Gasteiger partial charge in [-0.05, 0) is 23.3 Å². The molecule has 14 nitrogen and oxygen atoms in total. The van der Waals surface area contributed by atoms with Gasteiger partial charge in [0.1, 0.15) is 0 Å². The summed E-state index contributed by atoms with van der Waals surface area (Å²) in [5.74, 6) is -2.68. The van der Waals surface area contributed by atoms with Crippen LogP contribution in [0.4, 0.5) is 0 Å². The smallest absolute Gasteiger partial charge is 0.306 e. The number of nitrogens with zero attached hydrogens (tertiary/aromatic N) is 4. The van der Waals surface area contributed by atoms with Crippen LogP contribution in [0, 0.1) is 11.8 Å². The van der Waals surface area contributed by atoms with Gasteiger partial charge in [0.15, 0.2) is 11.5 Å². The molecule has 0 aromatic carbocycles. The van der Waals surface area contributed by atoms with Crippen LogP contribution in [0.5, 0.6) is 23.3 Å². The van der Waals surface area contributed by atoms with Crippen LogP contribution in [0.15, 0.2) is 12.1 Å². The quantitative estimate of drug-likeness (QED) is 0.303. The minimum Gasteiger partial charge on any atom is -0.491 e. The third-order valence-electron chi connectivity index (χ3n) is 7.37. The Bertz CT molecular complexity index is 1290. The molecule has 0 saturated heterocycles. The fourth-order valence-electron chi connectivity index (χ4n) is 4.74. The average molecular weight is 601 g/mol. The molecule has 2 aromatic rings. The lowest BCUT2D eigenvalue weighted by atomic mass is 10.1. The van der Waals surface area contributed by atoms with Crippen LogP contribution in [0.2, 0.25) is 0 Å². The lowest BCUT2D eigenvalue weighted by molar-refractivity contribution is -0.145. The number of amides is 2. The zero-order valence-electron chi connectivity index (χ0n) is 24.6. The largest absolute Gasteiger partial charge is 0.491 e. The van der Waals surface area contributed by atoms with Crippen LogP contribution in [-0.2, 0) is 45.4 Å². The van der Waals surface area contributed by atoms with Crippen molar-refractivity contribution in [3.63, 3.8) is 0 Å². The Morgan fingerprint density at radius 1 is 0.744 bits per heavy atom. The van der Waals surface area contributed by atoms with E-state index < -0.39 is 23.8 Å². The van der Waals surface area contributed by atoms with Gasteiger partial charge in [-0.2, -0.15) is 0 Å². The summed E-state index contributed by atoms with van der Waals surface area (Å²) in [5.41, 5.74) is 2.96. The number of aromatic nitrogens is 2. The fraction of sp³-hybridized carbons (Fsp3) is 0.517. The lowest BCUT2D eigenvalue weighted by Crippen LogP contribution is -2.28. The molecule has 4 rings (SSSR count). The average Bonchev–Trinajstić information content (AvgIpc) is 3.59. The third-order valence-corrected chi connectivity index (χ3v) is 7.37. The van der Waals surface area contributed by atoms with E-state index in [4.69, 9.17) is 29.2 Å². The second kappa shape index (κ2) is 13.6. The van der Waals surface area contributed by atoms with Gasteiger partial charge < -0.3 is 39.0 Å². The Hall–Kier alpha value is -4.62. The number of fused-ring (bicyclic) bond motifs is 2. The predicted octanol–water partition coefficient (Wildman–Crippen LogP) is 2.25. The summed E-state index contributed by atoms with van der Waals surface area (Å²) < 4.78 is 22.6. The molecule has 2 amide bonds. The SMILES string of the molecule is COc1cc2c(nc1OCCCOc1nc3c(cc1OC)CN(C(=O)CC(C)C(=O)O)C3)CN(C(=O)CC(C)C(=O)O)C2. The van der Waals surface area contributed by atoms with Gasteiger partial charge in [-0.1, -0.05) is 13.8 Å². The molecule has 2 aliphatic heterocycles. The van der Waals surface area contributed by atoms with E-state index in [-0.39, 0.29) is 62.7 Å². The van der Waals surface area contributed by atoms with E-state index in [1.54, 1.807) is 21.9 Å². The van der Waals surface area contributed by atoms with Gasteiger partial charge in [-0.15, -0.1) is 0 Å². The first-order valence-corrected chi connectivity index (χ1v) is 13.9. The molecule has 2 aromatic heterocycles. The van der Waals surface area contributed by atoms with Crippen LogP contribution >= 0.6 is 0 Å². The third kappa shape index (κ3) is 7.43. The topological polar surface area (TPSA) is 178 Å². The Kier molecular flexibility index (Phi) is 9.88. The molecule has 0 spiro atoms. The maximum absolute atomic E-state index is 12.6. The van der Waals surface area contributed by atoms with Crippen molar-refractivity contribution in [3.05, 3.63) is 34.6 Å². The lowest BCUT2D eigenvalue weighted by Gasteiger charge is -2.16. The number of carbonyl (C=O) groups is 4. The Labute approximate surface area is 248 Å². The summed E-state index contributed by atoms with van der Waals surface area (Å²) >= 11 is 0. The summed E-state index contributed by atoms with van der Waals surface area (Å²) in [6.07, 6.45) is 0.297. The maximum atomic E-state index is 12.6. The molecule has 4 heterocycles. The van der Waals surface area contributed by atoms with Gasteiger partial charge in [0.2, 0.25) is 11.8 Å². The van der Waals surface area contributed by atoms with Crippen LogP contribution in [-0.4, -0.2) is 81.2 Å². The molecule has 2 atom stereocenters. The number of carboxylic acids is 2. The molecule has 0 fully saturated rings. The number of carbonyl (C=O) groups excluding carboxylic acids is 2. The van der Waals surface area contributed by atoms with E-state index in [9.17, 15) is 19.2 Å². The van der Waals surface area contributed by atoms with Crippen molar-refractivity contribution in [1.82, 2.24) is 19.8 Å². The first-order chi connectivity index (χ1) is 20.5. The van der Waals surface area contributed by atoms with Gasteiger partial charge in [0, 0.05) is 32.4 Å². The van der Waals surface area contributed by atoms with Crippen molar-refractivity contribution in [2.75, 3.05) is 27.4 Å². The minimum absolute atomic E-state index is 0.0872. The van der Waals surface area contributed by atoms with Crippen molar-refractivity contribution in [2.24, 2.45) is 11.8 Å². The van der Waals surface area contributed by atoms with E-state index in [1.807, 2.05) is 0 Å². The number of methoxy groups -OCH3 is 2. The first kappa shape index (κ1) is 31.3. The van der Waals surface area contributed by atoms with Crippen LogP contribution in [0.3, 0.4) is 0 Å². The second-order valence-corrected chi connectivity index (χ2v) is 10.6. The molecular formula is C29H36N4O10. The zero-order chi connectivity index (χ0) is 31.3. The van der Waals surface area contributed by atoms with Crippen LogP contribution in [0.1, 0.15) is 55.6 Å². The molecule has 0 saturated carbocycles. The van der Waals surface area contributed by atoms with Gasteiger partial charge in [0.25, 0.3) is 11.8 Å². The standard InChI is InChI=1S/C29H36N4O10/c1-16(28(36)37)8-24(34)32-12-18-10-22(40-3)26(30-20(18)14-32)42-6-5-7-43-27-23(41-4)11-19-13-33(15-21(19)31-27)25(35)9-17(2)29(38)39/h10-11,16-17H,5-9,12-15H2,1-4H3,(H,36,37)(H,38,39). The Morgan fingerprint density at radius 2 is 1.14 bits per heavy atom. The Morgan fingerprint density at radius 3 is 1.49 bits per heavy atom. The maximum Gasteiger partial charge on any atom is 0.306 e. The highest BCUT2D eigenvalue weighted by Crippen LogP contribution is 2.34. The van der Waals surface area contributed by atoms with Gasteiger partial charge in [0.05, 0.1) is 63.7 Å². The van der Waals surface area contributed by atoms with E-state index in [1.165, 1.54) is 28.1 Å². The minimum atomic E-state index is -1.02. The molecular weight excluding hydrogens is 564 g/mol. The van der Waals surface area contributed by atoms with Crippen molar-refractivity contribution < 1.29 is 48.3 Å². The molecule has 2 aliphatic rings. The number of ether oxygens (including phenoxy) is 4. The highest BCUT2D eigenvalue weighted by molar-refractivity contribution is 5.83. The van der Waals surface area contributed by atoms with E-state index in [0.29, 0.717) is 42.4 Å². The van der Waals surface area contributed by atoms with E-state index in [2.05, 4.69) is 9.97 Å². The predicted molar refractivity (Wildman–Crippen MR) is 149 cm³/mol. The van der Waals surface area contributed by atoms with Crippen molar-refractivity contribution in [1.29, 1.82) is 0 Å². The summed E-state index contributed by atoms with van der Waals surface area (Å²) in [7, 11) is 3.00. The monoisotopic (exact) mass is 600 g/mol. The molecule has 2 N–H and O–H groups in total. The number of hydrogen-bond acceptors (Lipinski definition) is 10. The Balaban J connectivity index is 1.30. The van der Waals surface area contributed by atoms with Crippen molar-refractivity contribution >= 4 is 23.8 Å². The molecule has 2 unspecified atom stereocenters. The summed E-state index contributed by atoms with van der Waals surface area (Å²) in [6, 6.07) is 3.55. The number of hydrogen-bond donors (Lipinski definition) is 2. The normalized spacial score (nSPS) is 14.9. The first-order valence-electron chi connectivity index (χ1n) is 13.9. The molecule has 232 valence electrons. The number of rotatable bonds is 14. The molecule has 0 aliphatic carbocycles. The van der Waals surface area contributed by atoms with Crippen molar-refractivity contribution in [3.8, 4) is 23.3 Å². The molecule has 43 heavy (non-hydrogen) atoms. The van der Waals surface area contributed by atoms with Gasteiger partial charge in [-0.3, -0.25) is 19.2 Å². The summed E-state index contributed by atoms with van der Waals surface area (Å²) in [5, 5.41) is 18.2. The highest BCUT2D eigenvalue weighted by atomic mass is 16.5. The number of aliphatic carboxylic acids is 2. The van der Waals surface area contributed by atoms with Crippen LogP contribution < -0.4 is 18.9 Å². The van der Waals surface area contributed by atoms with Gasteiger partial charge >= 0.3 is 11.9 Å². The number of pyridine rings is 2. The molecule has 14 heteroatoms. The summed E-state index contributed by atoms with van der Waals surface area (Å²) in [4.78, 5) is 59.6. The summed E-state index contributed by atoms with van der Waals surface area (Å²) in [6.45, 7) is 4.66. The van der Waals surface area contributed by atoms with E-state index >= 15 is 0 Å². The van der Waals surface area contributed by atoms with Gasteiger partial charge in [-0.25, -0.2) is 9.97 Å². The highest BCUT2D eigenvalue weighted by Gasteiger charge is 2.30. The van der Waals surface area contributed by atoms with E-state index in [0.717, 1.165) is 11.1 Å². The zero-order valence-corrected chi connectivity index (χ0v) is 24.6.